The Morgan fingerprint density at radius 1 is 1.30 bits per heavy atom. The second kappa shape index (κ2) is 10.7. The van der Waals surface area contributed by atoms with Crippen molar-refractivity contribution < 1.29 is 14.3 Å². The van der Waals surface area contributed by atoms with Gasteiger partial charge in [-0.25, -0.2) is 9.79 Å². The van der Waals surface area contributed by atoms with Crippen molar-refractivity contribution in [1.29, 1.82) is 0 Å². The number of carbonyl (C=O) groups is 1. The van der Waals surface area contributed by atoms with Crippen LogP contribution < -0.4 is 15.8 Å². The molecule has 0 unspecified atom stereocenters. The predicted octanol–water partition coefficient (Wildman–Crippen LogP) is 3.55. The molecule has 0 atom stereocenters. The molecule has 0 radical (unpaired) electrons. The molecule has 2 rings (SSSR count). The van der Waals surface area contributed by atoms with E-state index in [-0.39, 0.29) is 18.7 Å². The number of likely N-dealkylation sites (tertiary alicyclic amines) is 1. The lowest BCUT2D eigenvalue weighted by Gasteiger charge is -2.31. The largest absolute Gasteiger partial charge is 0.489 e. The Hall–Kier alpha value is -1.57. The van der Waals surface area contributed by atoms with Crippen LogP contribution in [0.3, 0.4) is 0 Å². The van der Waals surface area contributed by atoms with Gasteiger partial charge in [0.25, 0.3) is 0 Å². The molecule has 10 heteroatoms. The number of aliphatic imine (C=N–C) groups is 1. The van der Waals surface area contributed by atoms with Gasteiger partial charge in [0.1, 0.15) is 6.61 Å². The van der Waals surface area contributed by atoms with E-state index in [1.165, 1.54) is 0 Å². The number of nitrogens with two attached hydrogens (primary N) is 1. The van der Waals surface area contributed by atoms with Gasteiger partial charge in [-0.3, -0.25) is 0 Å². The normalized spacial score (nSPS) is 15.6. The average molecular weight is 438 g/mol. The molecule has 1 fully saturated rings. The summed E-state index contributed by atoms with van der Waals surface area (Å²) in [5.41, 5.74) is 5.91. The predicted molar refractivity (Wildman–Crippen MR) is 108 cm³/mol. The second-order valence-electron chi connectivity index (χ2n) is 5.92. The van der Waals surface area contributed by atoms with Crippen LogP contribution in [-0.2, 0) is 4.74 Å². The number of benzene rings is 1. The minimum Gasteiger partial charge on any atom is -0.489 e. The third-order valence-electron chi connectivity index (χ3n) is 3.96. The smallest absolute Gasteiger partial charge is 0.409 e. The number of ether oxygens (including phenoxy) is 2. The number of carbonyl (C=O) groups excluding carboxylic acids is 1. The third kappa shape index (κ3) is 6.83. The fraction of sp³-hybridized carbons (Fsp3) is 0.529. The molecule has 0 aliphatic carbocycles. The summed E-state index contributed by atoms with van der Waals surface area (Å²) in [5, 5.41) is 4.29. The Morgan fingerprint density at radius 3 is 2.52 bits per heavy atom. The van der Waals surface area contributed by atoms with Gasteiger partial charge in [-0.1, -0.05) is 34.8 Å². The van der Waals surface area contributed by atoms with E-state index in [0.717, 1.165) is 12.8 Å². The maximum atomic E-state index is 11.7. The minimum atomic E-state index is -0.269. The number of guanidine groups is 1. The van der Waals surface area contributed by atoms with Gasteiger partial charge in [-0.2, -0.15) is 0 Å². The van der Waals surface area contributed by atoms with Crippen molar-refractivity contribution in [2.45, 2.75) is 25.8 Å². The minimum absolute atomic E-state index is 0.167. The molecule has 0 aromatic heterocycles. The van der Waals surface area contributed by atoms with E-state index >= 15 is 0 Å². The van der Waals surface area contributed by atoms with Gasteiger partial charge in [0.15, 0.2) is 11.7 Å². The summed E-state index contributed by atoms with van der Waals surface area (Å²) < 4.78 is 10.6. The molecule has 1 heterocycles. The van der Waals surface area contributed by atoms with Crippen LogP contribution in [0.4, 0.5) is 4.79 Å². The van der Waals surface area contributed by atoms with Crippen LogP contribution in [0.25, 0.3) is 0 Å². The molecule has 0 spiro atoms. The Labute approximate surface area is 173 Å². The highest BCUT2D eigenvalue weighted by Crippen LogP contribution is 2.35. The molecule has 150 valence electrons. The number of hydrogen-bond acceptors (Lipinski definition) is 4. The fourth-order valence-electron chi connectivity index (χ4n) is 2.66. The maximum Gasteiger partial charge on any atom is 0.409 e. The number of piperidine rings is 1. The van der Waals surface area contributed by atoms with Crippen molar-refractivity contribution in [3.63, 3.8) is 0 Å². The zero-order chi connectivity index (χ0) is 19.8. The molecule has 0 saturated carbocycles. The zero-order valence-electron chi connectivity index (χ0n) is 15.0. The molecule has 1 amide bonds. The van der Waals surface area contributed by atoms with Crippen LogP contribution in [0.2, 0.25) is 15.1 Å². The first-order valence-electron chi connectivity index (χ1n) is 8.66. The van der Waals surface area contributed by atoms with Gasteiger partial charge in [-0.15, -0.1) is 0 Å². The highest BCUT2D eigenvalue weighted by molar-refractivity contribution is 6.40. The molecule has 0 bridgehead atoms. The molecule has 1 aliphatic heterocycles. The highest BCUT2D eigenvalue weighted by Gasteiger charge is 2.23. The van der Waals surface area contributed by atoms with E-state index < -0.39 is 0 Å². The average Bonchev–Trinajstić information content (AvgIpc) is 2.61. The van der Waals surface area contributed by atoms with Gasteiger partial charge in [-0.05, 0) is 31.9 Å². The maximum absolute atomic E-state index is 11.7. The summed E-state index contributed by atoms with van der Waals surface area (Å²) in [5.74, 6) is 0.706. The molecule has 3 N–H and O–H groups in total. The Balaban J connectivity index is 1.72. The second-order valence-corrected chi connectivity index (χ2v) is 7.17. The summed E-state index contributed by atoms with van der Waals surface area (Å²) in [6, 6.07) is 3.29. The van der Waals surface area contributed by atoms with E-state index in [1.807, 2.05) is 0 Å². The van der Waals surface area contributed by atoms with E-state index in [2.05, 4.69) is 10.3 Å². The van der Waals surface area contributed by atoms with Crippen LogP contribution in [0.1, 0.15) is 19.8 Å². The summed E-state index contributed by atoms with van der Waals surface area (Å²) in [6.45, 7) is 4.04. The molecule has 1 aliphatic rings. The number of rotatable bonds is 6. The Kier molecular flexibility index (Phi) is 8.60. The first-order chi connectivity index (χ1) is 12.9. The summed E-state index contributed by atoms with van der Waals surface area (Å²) >= 11 is 18.0. The van der Waals surface area contributed by atoms with Crippen molar-refractivity contribution in [2.24, 2.45) is 10.7 Å². The zero-order valence-corrected chi connectivity index (χ0v) is 17.3. The number of nitrogens with one attached hydrogen (secondary N) is 1. The van der Waals surface area contributed by atoms with Crippen molar-refractivity contribution in [3.8, 4) is 5.75 Å². The van der Waals surface area contributed by atoms with Crippen LogP contribution in [0.15, 0.2) is 17.1 Å². The van der Waals surface area contributed by atoms with E-state index in [1.54, 1.807) is 24.0 Å². The lowest BCUT2D eigenvalue weighted by atomic mass is 10.1. The monoisotopic (exact) mass is 436 g/mol. The van der Waals surface area contributed by atoms with Crippen LogP contribution in [-0.4, -0.2) is 55.8 Å². The highest BCUT2D eigenvalue weighted by atomic mass is 35.5. The topological polar surface area (TPSA) is 89.2 Å². The third-order valence-corrected chi connectivity index (χ3v) is 4.74. The van der Waals surface area contributed by atoms with Crippen molar-refractivity contribution in [3.05, 3.63) is 27.2 Å². The lowest BCUT2D eigenvalue weighted by Crippen LogP contribution is -2.48. The molecule has 27 heavy (non-hydrogen) atoms. The number of hydrogen-bond donors (Lipinski definition) is 2. The molecule has 1 aromatic carbocycles. The molecule has 7 nitrogen and oxygen atoms in total. The standard InChI is InChI=1S/C17H23Cl3N4O3/c1-2-26-17(25)24-6-3-12(4-7-24)23-16(21)22-5-8-27-15-13(19)9-11(18)10-14(15)20/h9-10,12H,2-8H2,1H3,(H3,21,22,23). The van der Waals surface area contributed by atoms with Gasteiger partial charge in [0.05, 0.1) is 23.2 Å². The van der Waals surface area contributed by atoms with Crippen LogP contribution in [0.5, 0.6) is 5.75 Å². The van der Waals surface area contributed by atoms with Gasteiger partial charge in [0.2, 0.25) is 0 Å². The van der Waals surface area contributed by atoms with Crippen molar-refractivity contribution in [2.75, 3.05) is 32.8 Å². The summed E-state index contributed by atoms with van der Waals surface area (Å²) in [4.78, 5) is 17.6. The Morgan fingerprint density at radius 2 is 1.93 bits per heavy atom. The first kappa shape index (κ1) is 21.7. The van der Waals surface area contributed by atoms with Crippen molar-refractivity contribution >= 4 is 46.9 Å². The van der Waals surface area contributed by atoms with E-state index in [9.17, 15) is 4.79 Å². The molecular weight excluding hydrogens is 415 g/mol. The van der Waals surface area contributed by atoms with Gasteiger partial charge in [0, 0.05) is 24.2 Å². The summed E-state index contributed by atoms with van der Waals surface area (Å²) in [7, 11) is 0. The molecule has 1 aromatic rings. The first-order valence-corrected chi connectivity index (χ1v) is 9.79. The molecule has 1 saturated heterocycles. The van der Waals surface area contributed by atoms with Gasteiger partial charge < -0.3 is 25.4 Å². The number of nitrogens with zero attached hydrogens (tertiary/aromatic N) is 2. The lowest BCUT2D eigenvalue weighted by molar-refractivity contribution is 0.0963. The van der Waals surface area contributed by atoms with Crippen LogP contribution in [0, 0.1) is 0 Å². The number of amides is 1. The van der Waals surface area contributed by atoms with E-state index in [4.69, 9.17) is 50.0 Å². The fourth-order valence-corrected chi connectivity index (χ4v) is 3.58. The SMILES string of the molecule is CCOC(=O)N1CCC(NC(N)=NCCOc2c(Cl)cc(Cl)cc2Cl)CC1. The van der Waals surface area contributed by atoms with Crippen molar-refractivity contribution in [1.82, 2.24) is 10.2 Å². The quantitative estimate of drug-likeness (QED) is 0.403. The van der Waals surface area contributed by atoms with E-state index in [0.29, 0.717) is 53.0 Å². The van der Waals surface area contributed by atoms with Crippen LogP contribution >= 0.6 is 34.8 Å². The summed E-state index contributed by atoms with van der Waals surface area (Å²) in [6.07, 6.45) is 1.29. The Bertz CT molecular complexity index is 656. The number of halogens is 3. The molecular formula is C17H23Cl3N4O3. The van der Waals surface area contributed by atoms with Gasteiger partial charge >= 0.3 is 6.09 Å².